The molecule has 0 heterocycles. The quantitative estimate of drug-likeness (QED) is 0.325. The molecule has 0 aliphatic heterocycles. The van der Waals surface area contributed by atoms with Gasteiger partial charge in [-0.3, -0.25) is 9.59 Å². The minimum absolute atomic E-state index is 0.112. The number of nitrogens with one attached hydrogen (secondary N) is 2. The monoisotopic (exact) mass is 491 g/mol. The molecule has 2 amide bonds. The van der Waals surface area contributed by atoms with Gasteiger partial charge in [0.25, 0.3) is 11.8 Å². The van der Waals surface area contributed by atoms with Gasteiger partial charge in [-0.1, -0.05) is 23.7 Å². The van der Waals surface area contributed by atoms with Crippen LogP contribution >= 0.6 is 11.6 Å². The second-order valence-electron chi connectivity index (χ2n) is 7.11. The molecular weight excluding hydrogens is 470 g/mol. The predicted molar refractivity (Wildman–Crippen MR) is 134 cm³/mol. The molecule has 0 fully saturated rings. The maximum Gasteiger partial charge on any atom is 0.266 e. The highest BCUT2D eigenvalue weighted by atomic mass is 35.5. The van der Waals surface area contributed by atoms with Gasteiger partial charge in [0, 0.05) is 16.4 Å². The molecule has 0 aliphatic rings. The molecule has 0 bridgehead atoms. The first kappa shape index (κ1) is 25.1. The molecule has 3 aromatic rings. The Balaban J connectivity index is 1.66. The topological polar surface area (TPSA) is 110 Å². The van der Waals surface area contributed by atoms with Gasteiger partial charge < -0.3 is 24.8 Å². The van der Waals surface area contributed by atoms with Gasteiger partial charge in [0.15, 0.2) is 18.1 Å². The average Bonchev–Trinajstić information content (AvgIpc) is 2.86. The molecule has 35 heavy (non-hydrogen) atoms. The van der Waals surface area contributed by atoms with Crippen LogP contribution in [0.1, 0.15) is 5.56 Å². The lowest BCUT2D eigenvalue weighted by atomic mass is 10.1. The van der Waals surface area contributed by atoms with Gasteiger partial charge in [-0.25, -0.2) is 0 Å². The third-order valence-electron chi connectivity index (χ3n) is 4.68. The predicted octanol–water partition coefficient (Wildman–Crippen LogP) is 4.92. The summed E-state index contributed by atoms with van der Waals surface area (Å²) in [4.78, 5) is 24.7. The molecule has 3 aromatic carbocycles. The number of rotatable bonds is 9. The first-order valence-corrected chi connectivity index (χ1v) is 10.7. The molecule has 0 saturated heterocycles. The summed E-state index contributed by atoms with van der Waals surface area (Å²) in [5.74, 6) is 0.412. The Kier molecular flexibility index (Phi) is 8.70. The highest BCUT2D eigenvalue weighted by Crippen LogP contribution is 2.29. The molecule has 0 spiro atoms. The van der Waals surface area contributed by atoms with E-state index in [0.29, 0.717) is 39.2 Å². The molecule has 8 nitrogen and oxygen atoms in total. The summed E-state index contributed by atoms with van der Waals surface area (Å²) in [5.41, 5.74) is 1.50. The van der Waals surface area contributed by atoms with Crippen LogP contribution in [0.4, 0.5) is 11.4 Å². The van der Waals surface area contributed by atoms with Crippen LogP contribution in [-0.2, 0) is 9.59 Å². The lowest BCUT2D eigenvalue weighted by Crippen LogP contribution is -2.20. The van der Waals surface area contributed by atoms with Crippen molar-refractivity contribution in [1.82, 2.24) is 0 Å². The number of carbonyl (C=O) groups is 2. The van der Waals surface area contributed by atoms with E-state index in [4.69, 9.17) is 25.8 Å². The summed E-state index contributed by atoms with van der Waals surface area (Å²) in [6.45, 7) is -0.247. The fraction of sp³-hybridized carbons (Fsp3) is 0.115. The van der Waals surface area contributed by atoms with Gasteiger partial charge in [0.1, 0.15) is 17.4 Å². The van der Waals surface area contributed by atoms with E-state index in [1.165, 1.54) is 13.2 Å². The Morgan fingerprint density at radius 2 is 1.71 bits per heavy atom. The number of nitrogens with zero attached hydrogens (tertiary/aromatic N) is 1. The number of hydrogen-bond acceptors (Lipinski definition) is 6. The molecule has 0 atom stereocenters. The zero-order valence-corrected chi connectivity index (χ0v) is 19.8. The second-order valence-corrected chi connectivity index (χ2v) is 7.55. The fourth-order valence-electron chi connectivity index (χ4n) is 2.99. The molecule has 2 N–H and O–H groups in total. The number of nitriles is 1. The molecular formula is C26H22ClN3O5. The van der Waals surface area contributed by atoms with Crippen molar-refractivity contribution in [3.63, 3.8) is 0 Å². The maximum atomic E-state index is 12.5. The van der Waals surface area contributed by atoms with Crippen molar-refractivity contribution in [2.45, 2.75) is 0 Å². The van der Waals surface area contributed by atoms with E-state index >= 15 is 0 Å². The third-order valence-corrected chi connectivity index (χ3v) is 4.91. The van der Waals surface area contributed by atoms with Crippen LogP contribution in [0.2, 0.25) is 5.02 Å². The van der Waals surface area contributed by atoms with Gasteiger partial charge in [-0.2, -0.15) is 5.26 Å². The zero-order chi connectivity index (χ0) is 25.2. The highest BCUT2D eigenvalue weighted by Gasteiger charge is 2.12. The van der Waals surface area contributed by atoms with E-state index in [0.717, 1.165) is 0 Å². The number of halogens is 1. The van der Waals surface area contributed by atoms with Crippen molar-refractivity contribution in [2.75, 3.05) is 31.5 Å². The Bertz CT molecular complexity index is 1280. The van der Waals surface area contributed by atoms with Gasteiger partial charge in [0.05, 0.1) is 14.2 Å². The summed E-state index contributed by atoms with van der Waals surface area (Å²) in [6, 6.07) is 20.2. The molecule has 0 unspecified atom stereocenters. The van der Waals surface area contributed by atoms with Gasteiger partial charge in [-0.05, 0) is 66.2 Å². The van der Waals surface area contributed by atoms with Gasteiger partial charge in [-0.15, -0.1) is 0 Å². The Hall–Kier alpha value is -4.48. The largest absolute Gasteiger partial charge is 0.497 e. The summed E-state index contributed by atoms with van der Waals surface area (Å²) in [6.07, 6.45) is 1.42. The summed E-state index contributed by atoms with van der Waals surface area (Å²) < 4.78 is 16.0. The molecule has 9 heteroatoms. The number of anilines is 2. The van der Waals surface area contributed by atoms with Crippen molar-refractivity contribution in [2.24, 2.45) is 0 Å². The lowest BCUT2D eigenvalue weighted by molar-refractivity contribution is -0.118. The van der Waals surface area contributed by atoms with Crippen LogP contribution in [-0.4, -0.2) is 32.6 Å². The fourth-order valence-corrected chi connectivity index (χ4v) is 3.18. The van der Waals surface area contributed by atoms with Crippen LogP contribution in [0.3, 0.4) is 0 Å². The number of ether oxygens (including phenoxy) is 3. The standard InChI is InChI=1S/C26H22ClN3O5/c1-33-22-9-7-20(8-10-22)29-25(31)16-35-23-11-6-17(13-24(23)34-2)12-18(15-28)26(32)30-21-5-3-4-19(27)14-21/h3-14H,16H2,1-2H3,(H,29,31)(H,30,32). The van der Waals surface area contributed by atoms with Crippen molar-refractivity contribution < 1.29 is 23.8 Å². The molecule has 0 aliphatic carbocycles. The summed E-state index contributed by atoms with van der Waals surface area (Å²) in [5, 5.41) is 15.3. The second kappa shape index (κ2) is 12.1. The van der Waals surface area contributed by atoms with Gasteiger partial charge in [0.2, 0.25) is 0 Å². The molecule has 0 radical (unpaired) electrons. The highest BCUT2D eigenvalue weighted by molar-refractivity contribution is 6.31. The molecule has 178 valence electrons. The van der Waals surface area contributed by atoms with Crippen LogP contribution in [0.25, 0.3) is 6.08 Å². The van der Waals surface area contributed by atoms with Crippen LogP contribution in [0, 0.1) is 11.3 Å². The number of amides is 2. The number of benzene rings is 3. The van der Waals surface area contributed by atoms with E-state index in [2.05, 4.69) is 10.6 Å². The van der Waals surface area contributed by atoms with E-state index in [1.807, 2.05) is 6.07 Å². The number of carbonyl (C=O) groups excluding carboxylic acids is 2. The van der Waals surface area contributed by atoms with Gasteiger partial charge >= 0.3 is 0 Å². The molecule has 0 aromatic heterocycles. The van der Waals surface area contributed by atoms with E-state index in [9.17, 15) is 14.9 Å². The zero-order valence-electron chi connectivity index (χ0n) is 19.0. The van der Waals surface area contributed by atoms with E-state index in [-0.39, 0.29) is 18.1 Å². The summed E-state index contributed by atoms with van der Waals surface area (Å²) in [7, 11) is 3.01. The molecule has 3 rings (SSSR count). The van der Waals surface area contributed by atoms with Crippen LogP contribution in [0.15, 0.2) is 72.3 Å². The molecule has 0 saturated carbocycles. The van der Waals surface area contributed by atoms with Crippen molar-refractivity contribution in [3.8, 4) is 23.3 Å². The number of hydrogen-bond donors (Lipinski definition) is 2. The Morgan fingerprint density at radius 1 is 0.943 bits per heavy atom. The normalized spacial score (nSPS) is 10.6. The van der Waals surface area contributed by atoms with Crippen molar-refractivity contribution in [3.05, 3.63) is 82.9 Å². The van der Waals surface area contributed by atoms with Crippen molar-refractivity contribution >= 4 is 40.9 Å². The maximum absolute atomic E-state index is 12.5. The average molecular weight is 492 g/mol. The van der Waals surface area contributed by atoms with E-state index in [1.54, 1.807) is 73.8 Å². The number of methoxy groups -OCH3 is 2. The lowest BCUT2D eigenvalue weighted by Gasteiger charge is -2.12. The Morgan fingerprint density at radius 3 is 2.37 bits per heavy atom. The van der Waals surface area contributed by atoms with Crippen LogP contribution in [0.5, 0.6) is 17.2 Å². The van der Waals surface area contributed by atoms with Crippen molar-refractivity contribution in [1.29, 1.82) is 5.26 Å². The Labute approximate surface area is 207 Å². The SMILES string of the molecule is COc1ccc(NC(=O)COc2ccc(C=C(C#N)C(=O)Nc3cccc(Cl)c3)cc2OC)cc1. The first-order valence-electron chi connectivity index (χ1n) is 10.4. The smallest absolute Gasteiger partial charge is 0.266 e. The summed E-state index contributed by atoms with van der Waals surface area (Å²) >= 11 is 5.93. The van der Waals surface area contributed by atoms with Crippen LogP contribution < -0.4 is 24.8 Å². The minimum atomic E-state index is -0.579. The minimum Gasteiger partial charge on any atom is -0.497 e. The first-order chi connectivity index (χ1) is 16.9. The third kappa shape index (κ3) is 7.25. The van der Waals surface area contributed by atoms with E-state index < -0.39 is 5.91 Å².